The average molecular weight is 266 g/mol. The SMILES string of the molecule is NC(=NO)C1(C(=O)NC2CCN3CCCC23)CCC1. The van der Waals surface area contributed by atoms with Gasteiger partial charge in [0.2, 0.25) is 5.91 Å². The van der Waals surface area contributed by atoms with E-state index in [9.17, 15) is 4.79 Å². The number of hydrogen-bond donors (Lipinski definition) is 3. The Kier molecular flexibility index (Phi) is 3.12. The molecule has 0 spiro atoms. The second kappa shape index (κ2) is 4.67. The molecule has 1 amide bonds. The Morgan fingerprint density at radius 1 is 1.32 bits per heavy atom. The molecule has 2 heterocycles. The summed E-state index contributed by atoms with van der Waals surface area (Å²) in [6.07, 6.45) is 5.75. The van der Waals surface area contributed by atoms with E-state index < -0.39 is 5.41 Å². The van der Waals surface area contributed by atoms with E-state index >= 15 is 0 Å². The summed E-state index contributed by atoms with van der Waals surface area (Å²) in [6, 6.07) is 0.729. The lowest BCUT2D eigenvalue weighted by Gasteiger charge is -2.39. The third-order valence-corrected chi connectivity index (χ3v) is 5.16. The van der Waals surface area contributed by atoms with Crippen molar-refractivity contribution >= 4 is 11.7 Å². The van der Waals surface area contributed by atoms with Crippen molar-refractivity contribution in [1.29, 1.82) is 0 Å². The van der Waals surface area contributed by atoms with Crippen LogP contribution in [0.5, 0.6) is 0 Å². The number of nitrogens with one attached hydrogen (secondary N) is 1. The Hall–Kier alpha value is -1.30. The Balaban J connectivity index is 1.68. The first kappa shape index (κ1) is 12.7. The maximum Gasteiger partial charge on any atom is 0.234 e. The van der Waals surface area contributed by atoms with Crippen LogP contribution in [0.2, 0.25) is 0 Å². The molecule has 2 unspecified atom stereocenters. The van der Waals surface area contributed by atoms with Gasteiger partial charge < -0.3 is 16.3 Å². The van der Waals surface area contributed by atoms with Crippen LogP contribution < -0.4 is 11.1 Å². The molecule has 6 nitrogen and oxygen atoms in total. The number of nitrogens with two attached hydrogens (primary N) is 1. The van der Waals surface area contributed by atoms with Crippen molar-refractivity contribution in [2.24, 2.45) is 16.3 Å². The van der Waals surface area contributed by atoms with Gasteiger partial charge >= 0.3 is 0 Å². The predicted molar refractivity (Wildman–Crippen MR) is 70.8 cm³/mol. The summed E-state index contributed by atoms with van der Waals surface area (Å²) in [5.74, 6) is 0.0188. The number of carbonyl (C=O) groups is 1. The van der Waals surface area contributed by atoms with Gasteiger partial charge in [0.25, 0.3) is 0 Å². The minimum absolute atomic E-state index is 0.0483. The maximum atomic E-state index is 12.5. The molecule has 0 bridgehead atoms. The van der Waals surface area contributed by atoms with Crippen molar-refractivity contribution in [3.8, 4) is 0 Å². The van der Waals surface area contributed by atoms with E-state index in [-0.39, 0.29) is 17.8 Å². The fraction of sp³-hybridized carbons (Fsp3) is 0.846. The Bertz CT molecular complexity index is 405. The standard InChI is InChI=1S/C13H22N4O2/c14-11(16-19)13(5-2-6-13)12(18)15-9-4-8-17-7-1-3-10(9)17/h9-10,19H,1-8H2,(H2,14,16)(H,15,18). The zero-order valence-corrected chi connectivity index (χ0v) is 11.1. The molecule has 3 rings (SSSR count). The number of hydrogen-bond acceptors (Lipinski definition) is 4. The molecule has 0 aromatic rings. The molecule has 1 saturated carbocycles. The molecule has 3 aliphatic rings. The fourth-order valence-corrected chi connectivity index (χ4v) is 3.78. The summed E-state index contributed by atoms with van der Waals surface area (Å²) >= 11 is 0. The quantitative estimate of drug-likeness (QED) is 0.296. The van der Waals surface area contributed by atoms with E-state index in [4.69, 9.17) is 10.9 Å². The number of nitrogens with zero attached hydrogens (tertiary/aromatic N) is 2. The van der Waals surface area contributed by atoms with Gasteiger partial charge in [-0.15, -0.1) is 0 Å². The van der Waals surface area contributed by atoms with Crippen LogP contribution in [0.4, 0.5) is 0 Å². The molecule has 2 aliphatic heterocycles. The van der Waals surface area contributed by atoms with Crippen LogP contribution in [0.3, 0.4) is 0 Å². The third kappa shape index (κ3) is 1.89. The smallest absolute Gasteiger partial charge is 0.234 e. The van der Waals surface area contributed by atoms with E-state index in [1.165, 1.54) is 12.8 Å². The zero-order chi connectivity index (χ0) is 13.5. The molecule has 1 aliphatic carbocycles. The molecule has 106 valence electrons. The molecular weight excluding hydrogens is 244 g/mol. The summed E-state index contributed by atoms with van der Waals surface area (Å²) in [5.41, 5.74) is 4.97. The van der Waals surface area contributed by atoms with Crippen molar-refractivity contribution in [1.82, 2.24) is 10.2 Å². The second-order valence-corrected chi connectivity index (χ2v) is 6.04. The molecule has 0 radical (unpaired) electrons. The lowest BCUT2D eigenvalue weighted by Crippen LogP contribution is -2.57. The van der Waals surface area contributed by atoms with Crippen LogP contribution >= 0.6 is 0 Å². The summed E-state index contributed by atoms with van der Waals surface area (Å²) < 4.78 is 0. The molecule has 0 aromatic carbocycles. The third-order valence-electron chi connectivity index (χ3n) is 5.16. The van der Waals surface area contributed by atoms with Crippen molar-refractivity contribution < 1.29 is 10.0 Å². The Morgan fingerprint density at radius 3 is 2.74 bits per heavy atom. The Labute approximate surface area is 113 Å². The van der Waals surface area contributed by atoms with Gasteiger partial charge in [-0.1, -0.05) is 11.6 Å². The van der Waals surface area contributed by atoms with Crippen molar-refractivity contribution in [3.05, 3.63) is 0 Å². The summed E-state index contributed by atoms with van der Waals surface area (Å²) in [6.45, 7) is 2.23. The van der Waals surface area contributed by atoms with Gasteiger partial charge in [-0.3, -0.25) is 9.69 Å². The first-order chi connectivity index (χ1) is 9.17. The lowest BCUT2D eigenvalue weighted by molar-refractivity contribution is -0.132. The van der Waals surface area contributed by atoms with E-state index in [1.54, 1.807) is 0 Å². The lowest BCUT2D eigenvalue weighted by atomic mass is 9.67. The highest BCUT2D eigenvalue weighted by Gasteiger charge is 2.50. The second-order valence-electron chi connectivity index (χ2n) is 6.04. The van der Waals surface area contributed by atoms with E-state index in [1.807, 2.05) is 0 Å². The summed E-state index contributed by atoms with van der Waals surface area (Å²) in [7, 11) is 0. The van der Waals surface area contributed by atoms with Crippen molar-refractivity contribution in [2.75, 3.05) is 13.1 Å². The predicted octanol–water partition coefficient (Wildman–Crippen LogP) is 0.256. The molecule has 19 heavy (non-hydrogen) atoms. The topological polar surface area (TPSA) is 91.0 Å². The highest BCUT2D eigenvalue weighted by molar-refractivity contribution is 6.07. The van der Waals surface area contributed by atoms with Crippen molar-refractivity contribution in [3.63, 3.8) is 0 Å². The van der Waals surface area contributed by atoms with Gasteiger partial charge in [-0.25, -0.2) is 0 Å². The van der Waals surface area contributed by atoms with Crippen LogP contribution in [0, 0.1) is 5.41 Å². The highest BCUT2D eigenvalue weighted by atomic mass is 16.4. The van der Waals surface area contributed by atoms with E-state index in [2.05, 4.69) is 15.4 Å². The molecular formula is C13H22N4O2. The molecule has 2 saturated heterocycles. The number of amides is 1. The maximum absolute atomic E-state index is 12.5. The molecule has 0 aromatic heterocycles. The fourth-order valence-electron chi connectivity index (χ4n) is 3.78. The van der Waals surface area contributed by atoms with Gasteiger partial charge in [0.1, 0.15) is 5.41 Å². The van der Waals surface area contributed by atoms with Crippen LogP contribution in [-0.4, -0.2) is 47.0 Å². The summed E-state index contributed by atoms with van der Waals surface area (Å²) in [4.78, 5) is 15.0. The molecule has 4 N–H and O–H groups in total. The zero-order valence-electron chi connectivity index (χ0n) is 11.1. The minimum atomic E-state index is -0.749. The van der Waals surface area contributed by atoms with E-state index in [0.29, 0.717) is 18.9 Å². The van der Waals surface area contributed by atoms with Gasteiger partial charge in [-0.05, 0) is 38.6 Å². The number of fused-ring (bicyclic) bond motifs is 1. The molecule has 3 fully saturated rings. The number of amidine groups is 1. The number of carbonyl (C=O) groups excluding carboxylic acids is 1. The largest absolute Gasteiger partial charge is 0.409 e. The van der Waals surface area contributed by atoms with Gasteiger partial charge in [-0.2, -0.15) is 0 Å². The molecule has 2 atom stereocenters. The normalized spacial score (nSPS) is 33.8. The first-order valence-corrected chi connectivity index (χ1v) is 7.20. The first-order valence-electron chi connectivity index (χ1n) is 7.20. The summed E-state index contributed by atoms with van der Waals surface area (Å²) in [5, 5.41) is 15.1. The van der Waals surface area contributed by atoms with Crippen LogP contribution in [0.1, 0.15) is 38.5 Å². The highest BCUT2D eigenvalue weighted by Crippen LogP contribution is 2.42. The number of oxime groups is 1. The van der Waals surface area contributed by atoms with Crippen LogP contribution in [-0.2, 0) is 4.79 Å². The minimum Gasteiger partial charge on any atom is -0.409 e. The number of rotatable bonds is 3. The average Bonchev–Trinajstić information content (AvgIpc) is 2.92. The van der Waals surface area contributed by atoms with Crippen LogP contribution in [0.15, 0.2) is 5.16 Å². The Morgan fingerprint density at radius 2 is 2.11 bits per heavy atom. The van der Waals surface area contributed by atoms with Gasteiger partial charge in [0.15, 0.2) is 5.84 Å². The monoisotopic (exact) mass is 266 g/mol. The van der Waals surface area contributed by atoms with Crippen LogP contribution in [0.25, 0.3) is 0 Å². The van der Waals surface area contributed by atoms with Gasteiger partial charge in [0, 0.05) is 18.6 Å². The van der Waals surface area contributed by atoms with Gasteiger partial charge in [0.05, 0.1) is 0 Å². The molecule has 6 heteroatoms. The van der Waals surface area contributed by atoms with Crippen molar-refractivity contribution in [2.45, 2.75) is 50.6 Å². The van der Waals surface area contributed by atoms with E-state index in [0.717, 1.165) is 25.9 Å².